The summed E-state index contributed by atoms with van der Waals surface area (Å²) in [6, 6.07) is 1.41. The third-order valence-corrected chi connectivity index (χ3v) is 13.6. The van der Waals surface area contributed by atoms with E-state index < -0.39 is 0 Å². The number of hydrogen-bond acceptors (Lipinski definition) is 16. The summed E-state index contributed by atoms with van der Waals surface area (Å²) in [6.45, 7) is 36.8. The average Bonchev–Trinajstić information content (AvgIpc) is 3.11. The van der Waals surface area contributed by atoms with Crippen LogP contribution in [-0.4, -0.2) is 125 Å². The van der Waals surface area contributed by atoms with E-state index >= 15 is 0 Å². The van der Waals surface area contributed by atoms with Gasteiger partial charge in [-0.1, -0.05) is 0 Å². The van der Waals surface area contributed by atoms with Gasteiger partial charge in [-0.25, -0.2) is 9.98 Å². The van der Waals surface area contributed by atoms with Gasteiger partial charge in [0.15, 0.2) is 0 Å². The van der Waals surface area contributed by atoms with Crippen LogP contribution in [0.25, 0.3) is 0 Å². The molecule has 2 aromatic heterocycles. The van der Waals surface area contributed by atoms with Crippen LogP contribution >= 0.6 is 0 Å². The first-order valence-electron chi connectivity index (χ1n) is 24.8. The predicted molar refractivity (Wildman–Crippen MR) is 270 cm³/mol. The summed E-state index contributed by atoms with van der Waals surface area (Å²) in [5.41, 5.74) is -0.463. The topological polar surface area (TPSA) is 175 Å². The first-order chi connectivity index (χ1) is 30.4. The van der Waals surface area contributed by atoms with Crippen molar-refractivity contribution in [3.05, 3.63) is 0 Å². The number of unbranched alkanes of at least 4 members (excludes halogenated alkanes) is 3. The molecule has 66 heavy (non-hydrogen) atoms. The number of aromatic nitrogens is 6. The van der Waals surface area contributed by atoms with Gasteiger partial charge in [-0.3, -0.25) is 0 Å². The van der Waals surface area contributed by atoms with Crippen LogP contribution in [0.4, 0.5) is 23.8 Å². The van der Waals surface area contributed by atoms with Crippen molar-refractivity contribution >= 4 is 36.2 Å². The van der Waals surface area contributed by atoms with E-state index in [1.807, 2.05) is 12.4 Å². The van der Waals surface area contributed by atoms with Crippen LogP contribution < -0.4 is 40.5 Å². The number of piperidine rings is 4. The highest BCUT2D eigenvalue weighted by Crippen LogP contribution is 2.42. The van der Waals surface area contributed by atoms with Crippen molar-refractivity contribution in [1.29, 1.82) is 0 Å². The van der Waals surface area contributed by atoms with Crippen molar-refractivity contribution in [2.24, 2.45) is 9.98 Å². The first-order valence-corrected chi connectivity index (χ1v) is 24.8. The number of nitrogens with zero attached hydrogens (tertiary/aromatic N) is 10. The molecule has 2 aromatic rings. The number of methoxy groups -OCH3 is 2. The number of rotatable bonds is 15. The fraction of sp³-hybridized carbons (Fsp3) is 0.840. The molecule has 0 saturated carbocycles. The molecule has 0 aliphatic carbocycles. The second-order valence-corrected chi connectivity index (χ2v) is 25.4. The molecule has 0 aromatic carbocycles. The molecule has 0 atom stereocenters. The van der Waals surface area contributed by atoms with Gasteiger partial charge >= 0.3 is 12.0 Å². The minimum atomic E-state index is -0.0579. The van der Waals surface area contributed by atoms with Crippen LogP contribution in [0.2, 0.25) is 0 Å². The zero-order chi connectivity index (χ0) is 48.7. The Morgan fingerprint density at radius 1 is 0.424 bits per heavy atom. The highest BCUT2D eigenvalue weighted by molar-refractivity contribution is 5.62. The zero-order valence-corrected chi connectivity index (χ0v) is 44.2. The average molecular weight is 917 g/mol. The van der Waals surface area contributed by atoms with Crippen LogP contribution in [0, 0.1) is 0 Å². The normalized spacial score (nSPS) is 24.9. The zero-order valence-electron chi connectivity index (χ0n) is 44.2. The van der Waals surface area contributed by atoms with Crippen molar-refractivity contribution in [3.8, 4) is 12.0 Å². The molecule has 0 amide bonds. The van der Waals surface area contributed by atoms with Crippen molar-refractivity contribution in [2.75, 3.05) is 24.0 Å². The quantitative estimate of drug-likeness (QED) is 0.0988. The summed E-state index contributed by atoms with van der Waals surface area (Å²) >= 11 is 0. The van der Waals surface area contributed by atoms with E-state index in [2.05, 4.69) is 152 Å². The Kier molecular flexibility index (Phi) is 15.0. The number of anilines is 2. The van der Waals surface area contributed by atoms with E-state index in [0.717, 1.165) is 77.0 Å². The third-order valence-electron chi connectivity index (χ3n) is 13.6. The van der Waals surface area contributed by atoms with Gasteiger partial charge < -0.3 is 40.5 Å². The monoisotopic (exact) mass is 917 g/mol. The van der Waals surface area contributed by atoms with Crippen LogP contribution in [0.3, 0.4) is 0 Å². The van der Waals surface area contributed by atoms with Gasteiger partial charge in [-0.05, 0) is 188 Å². The maximum atomic E-state index is 5.69. The summed E-state index contributed by atoms with van der Waals surface area (Å²) in [6.07, 6.45) is 14.9. The fourth-order valence-corrected chi connectivity index (χ4v) is 13.1. The van der Waals surface area contributed by atoms with Crippen molar-refractivity contribution in [1.82, 2.24) is 51.2 Å². The minimum absolute atomic E-state index is 0.0579. The Balaban J connectivity index is 1.16. The van der Waals surface area contributed by atoms with Gasteiger partial charge in [-0.2, -0.15) is 29.9 Å². The molecule has 0 spiro atoms. The molecule has 6 rings (SSSR count). The lowest BCUT2D eigenvalue weighted by Gasteiger charge is -2.55. The van der Waals surface area contributed by atoms with E-state index in [9.17, 15) is 0 Å². The standard InChI is InChI=1S/C50H88N14O2/c1-43(2)25-33(26-44(3,4)59-43)63(34-27-45(5,6)60-46(7,8)28-34)39-53-37(55-41(57-39)65-17)51-23-21-19-20-22-24-52-38-54-40(58-42(56-38)66-18)64(35-29-47(9,10)61-48(11,12)30-35)36-31-49(13,14)62-50(15,16)32-36/h23-24,33-36,59-62H,19-22,25-32H2,1-18H3. The fourth-order valence-electron chi connectivity index (χ4n) is 13.1. The van der Waals surface area contributed by atoms with E-state index in [1.165, 1.54) is 0 Å². The van der Waals surface area contributed by atoms with Crippen LogP contribution in [0.15, 0.2) is 9.98 Å². The van der Waals surface area contributed by atoms with Crippen LogP contribution in [-0.2, 0) is 0 Å². The smallest absolute Gasteiger partial charge is 0.322 e. The minimum Gasteiger partial charge on any atom is -0.467 e. The Labute approximate surface area is 398 Å². The summed E-state index contributed by atoms with van der Waals surface area (Å²) in [5, 5.41) is 15.5. The number of nitrogens with one attached hydrogen (secondary N) is 4. The molecule has 0 bridgehead atoms. The first kappa shape index (κ1) is 51.8. The van der Waals surface area contributed by atoms with Crippen molar-refractivity contribution < 1.29 is 9.47 Å². The molecule has 4 fully saturated rings. The van der Waals surface area contributed by atoms with Gasteiger partial charge in [-0.15, -0.1) is 0 Å². The lowest BCUT2D eigenvalue weighted by Crippen LogP contribution is -2.67. The number of ether oxygens (including phenoxy) is 2. The van der Waals surface area contributed by atoms with Crippen LogP contribution in [0.5, 0.6) is 12.0 Å². The third kappa shape index (κ3) is 14.0. The van der Waals surface area contributed by atoms with E-state index in [4.69, 9.17) is 39.4 Å². The molecule has 4 aliphatic heterocycles. The highest BCUT2D eigenvalue weighted by Gasteiger charge is 2.49. The number of aliphatic imine (C=N–C) groups is 2. The van der Waals surface area contributed by atoms with Crippen LogP contribution in [0.1, 0.15) is 188 Å². The predicted octanol–water partition coefficient (Wildman–Crippen LogP) is 8.59. The second kappa shape index (κ2) is 19.1. The maximum absolute atomic E-state index is 5.69. The molecule has 0 unspecified atom stereocenters. The Bertz CT molecular complexity index is 1760. The molecule has 16 nitrogen and oxygen atoms in total. The molecule has 6 heterocycles. The molecule has 16 heteroatoms. The van der Waals surface area contributed by atoms with Gasteiger partial charge in [0.1, 0.15) is 0 Å². The molecule has 4 N–H and O–H groups in total. The van der Waals surface area contributed by atoms with Gasteiger partial charge in [0.05, 0.1) is 14.2 Å². The molecule has 0 radical (unpaired) electrons. The van der Waals surface area contributed by atoms with Gasteiger partial charge in [0.25, 0.3) is 11.9 Å². The Morgan fingerprint density at radius 3 is 0.894 bits per heavy atom. The molecule has 4 saturated heterocycles. The maximum Gasteiger partial charge on any atom is 0.322 e. The Morgan fingerprint density at radius 2 is 0.667 bits per heavy atom. The van der Waals surface area contributed by atoms with Gasteiger partial charge in [0, 0.05) is 80.9 Å². The molecule has 4 aliphatic rings. The molecular formula is C50H88N14O2. The van der Waals surface area contributed by atoms with Gasteiger partial charge in [0.2, 0.25) is 11.9 Å². The second-order valence-electron chi connectivity index (χ2n) is 25.4. The summed E-state index contributed by atoms with van der Waals surface area (Å²) in [7, 11) is 3.22. The lowest BCUT2D eigenvalue weighted by atomic mass is 9.75. The van der Waals surface area contributed by atoms with Crippen molar-refractivity contribution in [2.45, 2.75) is 256 Å². The summed E-state index contributed by atoms with van der Waals surface area (Å²) in [5.74, 6) is 2.00. The largest absolute Gasteiger partial charge is 0.467 e. The lowest BCUT2D eigenvalue weighted by molar-refractivity contribution is 0.122. The highest BCUT2D eigenvalue weighted by atomic mass is 16.5. The van der Waals surface area contributed by atoms with E-state index in [1.54, 1.807) is 14.2 Å². The van der Waals surface area contributed by atoms with Crippen molar-refractivity contribution in [3.63, 3.8) is 0 Å². The SMILES string of the molecule is COc1nc(N=CCCCCC=Nc2nc(OC)nc(N(C3CC(C)(C)NC(C)(C)C3)C3CC(C)(C)NC(C)(C)C3)n2)nc(N(C2CC(C)(C)NC(C)(C)C2)C2CC(C)(C)NC(C)(C)C2)n1. The Hall–Kier alpha value is -3.60. The van der Waals surface area contributed by atoms with E-state index in [0.29, 0.717) is 23.8 Å². The number of hydrogen-bond donors (Lipinski definition) is 4. The summed E-state index contributed by atoms with van der Waals surface area (Å²) in [4.78, 5) is 43.6. The summed E-state index contributed by atoms with van der Waals surface area (Å²) < 4.78 is 11.4. The van der Waals surface area contributed by atoms with E-state index in [-0.39, 0.29) is 80.5 Å². The molecular weight excluding hydrogens is 829 g/mol. The molecule has 370 valence electrons.